The molecule has 0 saturated carbocycles. The van der Waals surface area contributed by atoms with Gasteiger partial charge in [0.25, 0.3) is 0 Å². The molecule has 0 atom stereocenters. The van der Waals surface area contributed by atoms with Gasteiger partial charge in [0.1, 0.15) is 6.33 Å². The van der Waals surface area contributed by atoms with Crippen LogP contribution in [0.3, 0.4) is 0 Å². The predicted molar refractivity (Wildman–Crippen MR) is 266 cm³/mol. The second-order valence-electron chi connectivity index (χ2n) is 18.2. The van der Waals surface area contributed by atoms with Gasteiger partial charge in [0.15, 0.2) is 10.3 Å². The van der Waals surface area contributed by atoms with Crippen molar-refractivity contribution < 1.29 is 36.9 Å². The maximum atomic E-state index is 13.7. The number of hydrogen-bond acceptors (Lipinski definition) is 5. The average Bonchev–Trinajstić information content (AvgIpc) is 3.54. The van der Waals surface area contributed by atoms with E-state index in [2.05, 4.69) is 130 Å². The number of hydrogen-bond donors (Lipinski definition) is 2. The minimum Gasteiger partial charge on any atom is -0.481 e. The van der Waals surface area contributed by atoms with Crippen LogP contribution in [0.1, 0.15) is 121 Å². The first-order chi connectivity index (χ1) is 30.4. The summed E-state index contributed by atoms with van der Waals surface area (Å²) in [4.78, 5) is 37.1. The van der Waals surface area contributed by atoms with Crippen molar-refractivity contribution in [3.63, 3.8) is 0 Å². The van der Waals surface area contributed by atoms with E-state index in [0.29, 0.717) is 19.3 Å². The Morgan fingerprint density at radius 1 is 0.652 bits per heavy atom. The average molecular weight is 1030 g/mol. The lowest BCUT2D eigenvalue weighted by atomic mass is 9.86. The molecule has 2 N–H and O–H groups in total. The number of nitrogens with one attached hydrogen (secondary N) is 1. The normalized spacial score (nSPS) is 11.6. The van der Waals surface area contributed by atoms with Crippen molar-refractivity contribution in [2.75, 3.05) is 5.32 Å². The Morgan fingerprint density at radius 3 is 1.35 bits per heavy atom. The molecular weight excluding hydrogens is 977 g/mol. The SMILES string of the molecule is CC(C)(C)c1ccc(CCC(=O)Cl)cc1.CC(C)(C)c1ccc(CCC(=O)Nc2ccc(-n3cnc(Cl)c3Cl)c(C(F)(F)F)c2)cc1.CC(C)(C)c1ccc(CCC(=O)O)cc1.O=S(Cl)Cl. The molecule has 1 aromatic heterocycles. The molecule has 8 nitrogen and oxygen atoms in total. The highest BCUT2D eigenvalue weighted by molar-refractivity contribution is 8.26. The maximum Gasteiger partial charge on any atom is 0.418 e. The highest BCUT2D eigenvalue weighted by Crippen LogP contribution is 2.38. The summed E-state index contributed by atoms with van der Waals surface area (Å²) in [5.74, 6) is -1.12. The van der Waals surface area contributed by atoms with Gasteiger partial charge in [0, 0.05) is 46.3 Å². The number of rotatable bonds is 11. The first kappa shape index (κ1) is 58.2. The van der Waals surface area contributed by atoms with E-state index in [1.54, 1.807) is 0 Å². The second-order valence-corrected chi connectivity index (χ2v) is 21.9. The minimum absolute atomic E-state index is 0.0323. The maximum absolute atomic E-state index is 13.7. The zero-order valence-corrected chi connectivity index (χ0v) is 43.0. The van der Waals surface area contributed by atoms with Gasteiger partial charge in [-0.15, -0.1) is 0 Å². The van der Waals surface area contributed by atoms with E-state index in [1.807, 2.05) is 36.4 Å². The number of nitrogens with zero attached hydrogens (tertiary/aromatic N) is 2. The van der Waals surface area contributed by atoms with Crippen LogP contribution in [0.5, 0.6) is 0 Å². The first-order valence-electron chi connectivity index (χ1n) is 20.7. The smallest absolute Gasteiger partial charge is 0.418 e. The molecule has 0 aliphatic heterocycles. The van der Waals surface area contributed by atoms with E-state index in [4.69, 9.17) is 44.1 Å². The predicted octanol–water partition coefficient (Wildman–Crippen LogP) is 14.8. The second kappa shape index (κ2) is 26.0. The van der Waals surface area contributed by atoms with Crippen molar-refractivity contribution in [3.05, 3.63) is 147 Å². The number of aliphatic carboxylic acids is 1. The summed E-state index contributed by atoms with van der Waals surface area (Å²) in [6, 6.07) is 28.0. The first-order valence-corrected chi connectivity index (χ1v) is 24.6. The Bertz CT molecular complexity index is 2300. The Kier molecular flexibility index (Phi) is 22.9. The van der Waals surface area contributed by atoms with E-state index >= 15 is 0 Å². The third-order valence-corrected chi connectivity index (χ3v) is 10.8. The van der Waals surface area contributed by atoms with Gasteiger partial charge in [-0.3, -0.25) is 19.0 Å². The fraction of sp³-hybridized carbons (Fsp3) is 0.388. The third-order valence-electron chi connectivity index (χ3n) is 9.85. The summed E-state index contributed by atoms with van der Waals surface area (Å²) >= 11 is 17.0. The summed E-state index contributed by atoms with van der Waals surface area (Å²) in [7, 11) is 7.36. The number of carboxylic acids is 1. The van der Waals surface area contributed by atoms with E-state index in [0.717, 1.165) is 40.1 Å². The molecule has 360 valence electrons. The lowest BCUT2D eigenvalue weighted by Gasteiger charge is -2.19. The Morgan fingerprint density at radius 2 is 1.03 bits per heavy atom. The molecule has 1 heterocycles. The van der Waals surface area contributed by atoms with Crippen molar-refractivity contribution in [2.45, 2.75) is 123 Å². The number of carbonyl (C=O) groups is 3. The molecule has 0 radical (unpaired) electrons. The quantitative estimate of drug-likeness (QED) is 0.127. The number of imidazole rings is 1. The Balaban J connectivity index is 0.000000366. The largest absolute Gasteiger partial charge is 0.481 e. The van der Waals surface area contributed by atoms with Crippen molar-refractivity contribution >= 4 is 88.2 Å². The van der Waals surface area contributed by atoms with Gasteiger partial charge < -0.3 is 10.4 Å². The van der Waals surface area contributed by atoms with E-state index < -0.39 is 26.9 Å². The number of carbonyl (C=O) groups excluding carboxylic acids is 2. The van der Waals surface area contributed by atoms with Gasteiger partial charge in [-0.05, 0) is 98.7 Å². The molecule has 1 amide bonds. The summed E-state index contributed by atoms with van der Waals surface area (Å²) in [6.07, 6.45) is -0.994. The zero-order chi connectivity index (χ0) is 50.2. The number of halogens is 8. The monoisotopic (exact) mass is 1030 g/mol. The third kappa shape index (κ3) is 21.4. The summed E-state index contributed by atoms with van der Waals surface area (Å²) in [6.45, 7) is 19.4. The standard InChI is InChI=1S/C23H22Cl2F3N3O.C13H17ClO.C13H18O2.Cl2OS/c1-22(2,3)15-7-4-14(5-8-15)6-11-19(32)30-16-9-10-18(17(12-16)23(26,27)28)31-13-29-20(24)21(31)25;2*1-13(2,3)11-7-4-10(5-8-11)6-9-12(14)15;1-4(2)3/h4-5,7-10,12-13H,6,11H2,1-3H3,(H,30,32);4-5,7-8H,6,9H2,1-3H3;4-5,7-8H,6,9H2,1-3H3,(H,14,15);. The molecule has 5 rings (SSSR count). The number of amides is 1. The van der Waals surface area contributed by atoms with Crippen molar-refractivity contribution in [1.82, 2.24) is 9.55 Å². The van der Waals surface area contributed by atoms with Crippen LogP contribution in [0.25, 0.3) is 5.69 Å². The molecule has 0 spiro atoms. The number of aryl methyl sites for hydroxylation is 3. The van der Waals surface area contributed by atoms with Gasteiger partial charge in [0.05, 0.1) is 11.3 Å². The van der Waals surface area contributed by atoms with Crippen LogP contribution in [0.15, 0.2) is 97.3 Å². The summed E-state index contributed by atoms with van der Waals surface area (Å²) in [5.41, 5.74) is 6.21. The Labute approximate surface area is 413 Å². The van der Waals surface area contributed by atoms with Gasteiger partial charge in [-0.1, -0.05) is 158 Å². The molecule has 0 fully saturated rings. The molecule has 0 aliphatic rings. The molecule has 66 heavy (non-hydrogen) atoms. The van der Waals surface area contributed by atoms with Gasteiger partial charge in [0.2, 0.25) is 20.4 Å². The highest BCUT2D eigenvalue weighted by atomic mass is 36.0. The fourth-order valence-corrected chi connectivity index (χ4v) is 6.43. The van der Waals surface area contributed by atoms with Crippen molar-refractivity contribution in [2.24, 2.45) is 0 Å². The molecule has 0 bridgehead atoms. The molecule has 5 aromatic rings. The minimum atomic E-state index is -4.68. The van der Waals surface area contributed by atoms with E-state index in [1.165, 1.54) is 28.8 Å². The van der Waals surface area contributed by atoms with Crippen LogP contribution in [-0.2, 0) is 65.3 Å². The van der Waals surface area contributed by atoms with E-state index in [-0.39, 0.29) is 61.9 Å². The molecule has 0 saturated heterocycles. The Hall–Kier alpha value is -3.91. The molecule has 4 aromatic carbocycles. The lowest BCUT2D eigenvalue weighted by Crippen LogP contribution is -2.15. The number of anilines is 1. The summed E-state index contributed by atoms with van der Waals surface area (Å²) < 4.78 is 51.1. The van der Waals surface area contributed by atoms with E-state index in [9.17, 15) is 27.6 Å². The van der Waals surface area contributed by atoms with Crippen LogP contribution < -0.4 is 5.32 Å². The topological polar surface area (TPSA) is 118 Å². The zero-order valence-electron chi connectivity index (χ0n) is 38.4. The molecule has 0 aliphatic carbocycles. The lowest BCUT2D eigenvalue weighted by molar-refractivity contribution is -0.138. The van der Waals surface area contributed by atoms with Crippen LogP contribution in [-0.4, -0.2) is 36.0 Å². The van der Waals surface area contributed by atoms with Crippen LogP contribution in [0.4, 0.5) is 18.9 Å². The van der Waals surface area contributed by atoms with Gasteiger partial charge >= 0.3 is 12.1 Å². The number of alkyl halides is 3. The van der Waals surface area contributed by atoms with Gasteiger partial charge in [-0.2, -0.15) is 13.2 Å². The number of aromatic nitrogens is 2. The molecule has 17 heteroatoms. The van der Waals surface area contributed by atoms with Crippen LogP contribution >= 0.6 is 56.2 Å². The van der Waals surface area contributed by atoms with Crippen LogP contribution in [0, 0.1) is 0 Å². The van der Waals surface area contributed by atoms with Crippen molar-refractivity contribution in [1.29, 1.82) is 0 Å². The van der Waals surface area contributed by atoms with Crippen molar-refractivity contribution in [3.8, 4) is 5.69 Å². The fourth-order valence-electron chi connectivity index (χ4n) is 6.02. The molecule has 0 unspecified atom stereocenters. The highest BCUT2D eigenvalue weighted by Gasteiger charge is 2.35. The summed E-state index contributed by atoms with van der Waals surface area (Å²) in [5, 5.41) is 10.6. The van der Waals surface area contributed by atoms with Gasteiger partial charge in [-0.25, -0.2) is 9.19 Å². The number of carboxylic acid groups (broad SMARTS) is 1. The van der Waals surface area contributed by atoms with Crippen LogP contribution in [0.2, 0.25) is 10.3 Å². The molecular formula is C49H57Cl5F3N3O5S. The number of benzene rings is 4.